The zero-order chi connectivity index (χ0) is 17.8. The highest BCUT2D eigenvalue weighted by atomic mass is 16.3. The van der Waals surface area contributed by atoms with Gasteiger partial charge in [-0.15, -0.1) is 0 Å². The van der Waals surface area contributed by atoms with Gasteiger partial charge in [-0.1, -0.05) is 41.5 Å². The van der Waals surface area contributed by atoms with Gasteiger partial charge in [0.05, 0.1) is 0 Å². The highest BCUT2D eigenvalue weighted by molar-refractivity contribution is 5.56. The minimum atomic E-state index is -0.148. The number of hydrogen-bond acceptors (Lipinski definition) is 3. The van der Waals surface area contributed by atoms with Crippen molar-refractivity contribution in [3.8, 4) is 17.2 Å². The van der Waals surface area contributed by atoms with Gasteiger partial charge in [-0.05, 0) is 55.4 Å². The number of phenols is 3. The van der Waals surface area contributed by atoms with Crippen LogP contribution in [0.15, 0.2) is 6.07 Å². The van der Waals surface area contributed by atoms with Gasteiger partial charge < -0.3 is 15.3 Å². The molecule has 3 heteroatoms. The first-order valence-electron chi connectivity index (χ1n) is 8.66. The Kier molecular flexibility index (Phi) is 6.38. The first-order chi connectivity index (χ1) is 10.4. The average molecular weight is 322 g/mol. The van der Waals surface area contributed by atoms with E-state index in [4.69, 9.17) is 0 Å². The van der Waals surface area contributed by atoms with Crippen molar-refractivity contribution in [2.45, 2.75) is 80.1 Å². The maximum absolute atomic E-state index is 10.2. The number of rotatable bonds is 6. The average Bonchev–Trinajstić information content (AvgIpc) is 2.36. The molecule has 3 nitrogen and oxygen atoms in total. The van der Waals surface area contributed by atoms with Crippen molar-refractivity contribution in [3.63, 3.8) is 0 Å². The molecule has 0 saturated carbocycles. The molecule has 0 heterocycles. The maximum Gasteiger partial charge on any atom is 0.164 e. The fraction of sp³-hybridized carbons (Fsp3) is 0.700. The van der Waals surface area contributed by atoms with Crippen molar-refractivity contribution in [2.75, 3.05) is 0 Å². The number of hydrogen-bond donors (Lipinski definition) is 3. The Bertz CT molecular complexity index is 519. The molecule has 0 fully saturated rings. The largest absolute Gasteiger partial charge is 0.508 e. The van der Waals surface area contributed by atoms with Crippen LogP contribution in [0, 0.1) is 10.8 Å². The molecule has 0 aliphatic carbocycles. The minimum Gasteiger partial charge on any atom is -0.508 e. The predicted molar refractivity (Wildman–Crippen MR) is 96.2 cm³/mol. The Morgan fingerprint density at radius 3 is 1.70 bits per heavy atom. The summed E-state index contributed by atoms with van der Waals surface area (Å²) in [6.07, 6.45) is 5.05. The van der Waals surface area contributed by atoms with Crippen LogP contribution in [-0.2, 0) is 12.8 Å². The van der Waals surface area contributed by atoms with Crippen LogP contribution < -0.4 is 0 Å². The van der Waals surface area contributed by atoms with Crippen LogP contribution in [-0.4, -0.2) is 15.3 Å². The van der Waals surface area contributed by atoms with Crippen molar-refractivity contribution >= 4 is 0 Å². The minimum absolute atomic E-state index is 0.0672. The molecule has 23 heavy (non-hydrogen) atoms. The standard InChI is InChI=1S/C20H34O3/c1-19(2,3)11-7-9-14-13-16(21)15(18(23)17(14)22)10-8-12-20(4,5)6/h13,21-23H,7-12H2,1-6H3. The Balaban J connectivity index is 2.79. The summed E-state index contributed by atoms with van der Waals surface area (Å²) in [5, 5.41) is 30.7. The molecule has 3 N–H and O–H groups in total. The lowest BCUT2D eigenvalue weighted by molar-refractivity contribution is 0.353. The van der Waals surface area contributed by atoms with Crippen LogP contribution in [0.25, 0.3) is 0 Å². The molecular formula is C20H34O3. The van der Waals surface area contributed by atoms with Gasteiger partial charge in [0, 0.05) is 11.1 Å². The van der Waals surface area contributed by atoms with E-state index < -0.39 is 0 Å². The van der Waals surface area contributed by atoms with E-state index in [9.17, 15) is 15.3 Å². The molecule has 0 aromatic heterocycles. The van der Waals surface area contributed by atoms with Gasteiger partial charge in [-0.2, -0.15) is 0 Å². The lowest BCUT2D eigenvalue weighted by Crippen LogP contribution is -2.06. The summed E-state index contributed by atoms with van der Waals surface area (Å²) >= 11 is 0. The summed E-state index contributed by atoms with van der Waals surface area (Å²) in [4.78, 5) is 0. The first kappa shape index (κ1) is 19.7. The molecule has 0 spiro atoms. The topological polar surface area (TPSA) is 60.7 Å². The zero-order valence-corrected chi connectivity index (χ0v) is 15.7. The number of aryl methyl sites for hydroxylation is 1. The normalized spacial score (nSPS) is 12.6. The van der Waals surface area contributed by atoms with E-state index in [1.807, 2.05) is 0 Å². The lowest BCUT2D eigenvalue weighted by atomic mass is 9.87. The third kappa shape index (κ3) is 6.72. The number of aromatic hydroxyl groups is 3. The quantitative estimate of drug-likeness (QED) is 0.476. The summed E-state index contributed by atoms with van der Waals surface area (Å²) in [6.45, 7) is 13.0. The van der Waals surface area contributed by atoms with Crippen LogP contribution in [0.5, 0.6) is 17.2 Å². The van der Waals surface area contributed by atoms with E-state index in [-0.39, 0.29) is 28.1 Å². The molecule has 0 bridgehead atoms. The third-order valence-electron chi connectivity index (χ3n) is 4.16. The monoisotopic (exact) mass is 322 g/mol. The molecule has 0 aliphatic rings. The first-order valence-corrected chi connectivity index (χ1v) is 8.66. The number of benzene rings is 1. The van der Waals surface area contributed by atoms with Gasteiger partial charge in [0.25, 0.3) is 0 Å². The lowest BCUT2D eigenvalue weighted by Gasteiger charge is -2.19. The molecule has 0 amide bonds. The van der Waals surface area contributed by atoms with E-state index in [0.29, 0.717) is 24.0 Å². The van der Waals surface area contributed by atoms with Gasteiger partial charge >= 0.3 is 0 Å². The number of phenolic OH excluding ortho intramolecular Hbond substituents is 3. The van der Waals surface area contributed by atoms with E-state index in [0.717, 1.165) is 25.7 Å². The van der Waals surface area contributed by atoms with Crippen molar-refractivity contribution < 1.29 is 15.3 Å². The molecule has 1 aromatic rings. The van der Waals surface area contributed by atoms with Gasteiger partial charge in [-0.3, -0.25) is 0 Å². The Morgan fingerprint density at radius 1 is 0.739 bits per heavy atom. The van der Waals surface area contributed by atoms with Gasteiger partial charge in [0.15, 0.2) is 11.5 Å². The highest BCUT2D eigenvalue weighted by Crippen LogP contribution is 2.41. The molecule has 132 valence electrons. The van der Waals surface area contributed by atoms with Gasteiger partial charge in [0.1, 0.15) is 5.75 Å². The Hall–Kier alpha value is -1.38. The van der Waals surface area contributed by atoms with Crippen LogP contribution in [0.1, 0.15) is 78.4 Å². The van der Waals surface area contributed by atoms with Crippen molar-refractivity contribution in [2.24, 2.45) is 10.8 Å². The predicted octanol–water partition coefficient (Wildman–Crippen LogP) is 5.54. The smallest absolute Gasteiger partial charge is 0.164 e. The summed E-state index contributed by atoms with van der Waals surface area (Å²) in [7, 11) is 0. The molecule has 1 aromatic carbocycles. The van der Waals surface area contributed by atoms with Crippen molar-refractivity contribution in [3.05, 3.63) is 17.2 Å². The fourth-order valence-corrected chi connectivity index (χ4v) is 2.78. The summed E-state index contributed by atoms with van der Waals surface area (Å²) in [5.41, 5.74) is 1.56. The molecular weight excluding hydrogens is 288 g/mol. The second-order valence-electron chi connectivity index (χ2n) is 9.06. The van der Waals surface area contributed by atoms with Gasteiger partial charge in [-0.25, -0.2) is 0 Å². The highest BCUT2D eigenvalue weighted by Gasteiger charge is 2.18. The van der Waals surface area contributed by atoms with Crippen LogP contribution in [0.2, 0.25) is 0 Å². The summed E-state index contributed by atoms with van der Waals surface area (Å²) < 4.78 is 0. The zero-order valence-electron chi connectivity index (χ0n) is 15.7. The maximum atomic E-state index is 10.2. The third-order valence-corrected chi connectivity index (χ3v) is 4.16. The molecule has 0 unspecified atom stereocenters. The molecule has 0 atom stereocenters. The van der Waals surface area contributed by atoms with E-state index in [1.54, 1.807) is 6.07 Å². The van der Waals surface area contributed by atoms with Crippen molar-refractivity contribution in [1.82, 2.24) is 0 Å². The second kappa shape index (κ2) is 7.46. The van der Waals surface area contributed by atoms with E-state index in [2.05, 4.69) is 41.5 Å². The van der Waals surface area contributed by atoms with Crippen molar-refractivity contribution in [1.29, 1.82) is 0 Å². The van der Waals surface area contributed by atoms with Crippen LogP contribution >= 0.6 is 0 Å². The summed E-state index contributed by atoms with van der Waals surface area (Å²) in [5.74, 6) is -0.118. The van der Waals surface area contributed by atoms with Crippen LogP contribution in [0.3, 0.4) is 0 Å². The molecule has 1 rings (SSSR count). The van der Waals surface area contributed by atoms with Gasteiger partial charge in [0.2, 0.25) is 0 Å². The Morgan fingerprint density at radius 2 is 1.22 bits per heavy atom. The molecule has 0 aliphatic heterocycles. The molecule has 0 saturated heterocycles. The second-order valence-corrected chi connectivity index (χ2v) is 9.06. The summed E-state index contributed by atoms with van der Waals surface area (Å²) in [6, 6.07) is 1.62. The molecule has 0 radical (unpaired) electrons. The van der Waals surface area contributed by atoms with E-state index in [1.165, 1.54) is 0 Å². The fourth-order valence-electron chi connectivity index (χ4n) is 2.78. The SMILES string of the molecule is CC(C)(C)CCCc1cc(O)c(CCCC(C)(C)C)c(O)c1O. The Labute approximate surface area is 141 Å². The van der Waals surface area contributed by atoms with E-state index >= 15 is 0 Å². The van der Waals surface area contributed by atoms with Crippen LogP contribution in [0.4, 0.5) is 0 Å².